The number of ether oxygens (including phenoxy) is 4. The van der Waals surface area contributed by atoms with E-state index in [9.17, 15) is 4.39 Å². The molecule has 1 fully saturated rings. The van der Waals surface area contributed by atoms with Crippen LogP contribution < -0.4 is 19.5 Å². The quantitative estimate of drug-likeness (QED) is 0.503. The van der Waals surface area contributed by atoms with Gasteiger partial charge in [-0.05, 0) is 24.6 Å². The van der Waals surface area contributed by atoms with Gasteiger partial charge >= 0.3 is 0 Å². The lowest BCUT2D eigenvalue weighted by atomic mass is 10.2. The largest absolute Gasteiger partial charge is 0.493 e. The van der Waals surface area contributed by atoms with Crippen molar-refractivity contribution < 1.29 is 23.3 Å². The van der Waals surface area contributed by atoms with Crippen LogP contribution in [0.2, 0.25) is 0 Å². The van der Waals surface area contributed by atoms with Gasteiger partial charge in [0.05, 0.1) is 37.8 Å². The van der Waals surface area contributed by atoms with E-state index in [-0.39, 0.29) is 11.6 Å². The summed E-state index contributed by atoms with van der Waals surface area (Å²) in [5, 5.41) is 3.50. The SMILES string of the molecule is CNc1ccc(Oc2ncnc3cc(OC)c(OCCCN4CCOCC4)cc23)c(F)c1. The molecule has 1 aromatic heterocycles. The number of halogens is 1. The Kier molecular flexibility index (Phi) is 7.18. The van der Waals surface area contributed by atoms with Crippen LogP contribution in [-0.4, -0.2) is 68.5 Å². The van der Waals surface area contributed by atoms with E-state index in [1.54, 1.807) is 38.4 Å². The van der Waals surface area contributed by atoms with Gasteiger partial charge < -0.3 is 24.3 Å². The van der Waals surface area contributed by atoms with Gasteiger partial charge in [0.2, 0.25) is 5.88 Å². The monoisotopic (exact) mass is 442 g/mol. The third kappa shape index (κ3) is 5.17. The average molecular weight is 442 g/mol. The predicted octanol–water partition coefficient (Wildman–Crippen LogP) is 3.71. The van der Waals surface area contributed by atoms with Crippen molar-refractivity contribution >= 4 is 16.6 Å². The molecule has 170 valence electrons. The van der Waals surface area contributed by atoms with Crippen molar-refractivity contribution in [2.24, 2.45) is 0 Å². The molecule has 0 atom stereocenters. The third-order valence-electron chi connectivity index (χ3n) is 5.29. The van der Waals surface area contributed by atoms with E-state index in [2.05, 4.69) is 20.2 Å². The van der Waals surface area contributed by atoms with E-state index in [1.807, 2.05) is 0 Å². The van der Waals surface area contributed by atoms with Crippen LogP contribution in [0.4, 0.5) is 10.1 Å². The van der Waals surface area contributed by atoms with Crippen molar-refractivity contribution in [3.8, 4) is 23.1 Å². The minimum Gasteiger partial charge on any atom is -0.493 e. The maximum atomic E-state index is 14.4. The molecule has 1 N–H and O–H groups in total. The van der Waals surface area contributed by atoms with Gasteiger partial charge in [0.1, 0.15) is 6.33 Å². The Labute approximate surface area is 186 Å². The minimum absolute atomic E-state index is 0.0767. The molecule has 1 aliphatic heterocycles. The van der Waals surface area contributed by atoms with Gasteiger partial charge in [-0.25, -0.2) is 14.4 Å². The zero-order chi connectivity index (χ0) is 22.3. The van der Waals surface area contributed by atoms with Crippen LogP contribution in [0.5, 0.6) is 23.1 Å². The Morgan fingerprint density at radius 2 is 1.94 bits per heavy atom. The van der Waals surface area contributed by atoms with Crippen molar-refractivity contribution in [3.05, 3.63) is 42.5 Å². The number of morpholine rings is 1. The lowest BCUT2D eigenvalue weighted by Gasteiger charge is -2.26. The fourth-order valence-electron chi connectivity index (χ4n) is 3.53. The maximum Gasteiger partial charge on any atom is 0.230 e. The second-order valence-corrected chi connectivity index (χ2v) is 7.35. The number of aromatic nitrogens is 2. The molecule has 0 saturated carbocycles. The van der Waals surface area contributed by atoms with Gasteiger partial charge in [0.15, 0.2) is 23.1 Å². The average Bonchev–Trinajstić information content (AvgIpc) is 2.83. The fourth-order valence-corrected chi connectivity index (χ4v) is 3.53. The van der Waals surface area contributed by atoms with Gasteiger partial charge in [-0.15, -0.1) is 0 Å². The first-order valence-corrected chi connectivity index (χ1v) is 10.6. The van der Waals surface area contributed by atoms with Crippen LogP contribution in [0.25, 0.3) is 10.9 Å². The predicted molar refractivity (Wildman–Crippen MR) is 119 cm³/mol. The highest BCUT2D eigenvalue weighted by Gasteiger charge is 2.15. The number of methoxy groups -OCH3 is 1. The Bertz CT molecular complexity index is 1060. The molecule has 0 amide bonds. The lowest BCUT2D eigenvalue weighted by molar-refractivity contribution is 0.0357. The van der Waals surface area contributed by atoms with E-state index >= 15 is 0 Å². The molecule has 0 radical (unpaired) electrons. The van der Waals surface area contributed by atoms with Crippen molar-refractivity contribution in [3.63, 3.8) is 0 Å². The maximum absolute atomic E-state index is 14.4. The highest BCUT2D eigenvalue weighted by atomic mass is 19.1. The second-order valence-electron chi connectivity index (χ2n) is 7.35. The summed E-state index contributed by atoms with van der Waals surface area (Å²) in [6.07, 6.45) is 2.25. The first-order chi connectivity index (χ1) is 15.7. The molecule has 2 aromatic carbocycles. The summed E-state index contributed by atoms with van der Waals surface area (Å²) >= 11 is 0. The minimum atomic E-state index is -0.489. The summed E-state index contributed by atoms with van der Waals surface area (Å²) in [5.74, 6) is 0.960. The van der Waals surface area contributed by atoms with Gasteiger partial charge in [-0.3, -0.25) is 4.90 Å². The number of anilines is 1. The normalized spacial score (nSPS) is 14.3. The Balaban J connectivity index is 1.51. The van der Waals surface area contributed by atoms with Gasteiger partial charge in [-0.1, -0.05) is 0 Å². The van der Waals surface area contributed by atoms with Crippen LogP contribution in [0, 0.1) is 5.82 Å². The van der Waals surface area contributed by atoms with Gasteiger partial charge in [0, 0.05) is 44.5 Å². The number of nitrogens with zero attached hydrogens (tertiary/aromatic N) is 3. The van der Waals surface area contributed by atoms with Crippen LogP contribution in [0.3, 0.4) is 0 Å². The summed E-state index contributed by atoms with van der Waals surface area (Å²) in [6, 6.07) is 8.19. The number of benzene rings is 2. The molecular formula is C23H27FN4O4. The molecule has 32 heavy (non-hydrogen) atoms. The standard InChI is InChI=1S/C23H27FN4O4/c1-25-16-4-5-20(18(24)12-16)32-23-17-13-22(21(29-2)14-19(17)26-15-27-23)31-9-3-6-28-7-10-30-11-8-28/h4-5,12-15,25H,3,6-11H2,1-2H3. The number of fused-ring (bicyclic) bond motifs is 1. The summed E-state index contributed by atoms with van der Waals surface area (Å²) < 4.78 is 37.1. The summed E-state index contributed by atoms with van der Waals surface area (Å²) in [7, 11) is 3.31. The lowest BCUT2D eigenvalue weighted by Crippen LogP contribution is -2.37. The molecule has 4 rings (SSSR count). The van der Waals surface area contributed by atoms with Crippen LogP contribution in [0.15, 0.2) is 36.7 Å². The first kappa shape index (κ1) is 22.0. The highest BCUT2D eigenvalue weighted by molar-refractivity contribution is 5.87. The molecule has 8 nitrogen and oxygen atoms in total. The molecule has 2 heterocycles. The molecule has 0 unspecified atom stereocenters. The van der Waals surface area contributed by atoms with Crippen LogP contribution in [-0.2, 0) is 4.74 Å². The van der Waals surface area contributed by atoms with Gasteiger partial charge in [-0.2, -0.15) is 0 Å². The fraction of sp³-hybridized carbons (Fsp3) is 0.391. The topological polar surface area (TPSA) is 78.0 Å². The van der Waals surface area contributed by atoms with Crippen molar-refractivity contribution in [1.29, 1.82) is 0 Å². The van der Waals surface area contributed by atoms with E-state index in [1.165, 1.54) is 12.4 Å². The molecule has 1 saturated heterocycles. The van der Waals surface area contributed by atoms with Crippen LogP contribution in [0.1, 0.15) is 6.42 Å². The summed E-state index contributed by atoms with van der Waals surface area (Å²) in [6.45, 7) is 4.93. The summed E-state index contributed by atoms with van der Waals surface area (Å²) in [5.41, 5.74) is 1.26. The van der Waals surface area contributed by atoms with E-state index < -0.39 is 5.82 Å². The smallest absolute Gasteiger partial charge is 0.230 e. The number of nitrogens with one attached hydrogen (secondary N) is 1. The third-order valence-corrected chi connectivity index (χ3v) is 5.29. The Morgan fingerprint density at radius 1 is 1.09 bits per heavy atom. The highest BCUT2D eigenvalue weighted by Crippen LogP contribution is 2.36. The van der Waals surface area contributed by atoms with Crippen molar-refractivity contribution in [1.82, 2.24) is 14.9 Å². The number of hydrogen-bond acceptors (Lipinski definition) is 8. The number of rotatable bonds is 9. The van der Waals surface area contributed by atoms with E-state index in [4.69, 9.17) is 18.9 Å². The molecule has 9 heteroatoms. The summed E-state index contributed by atoms with van der Waals surface area (Å²) in [4.78, 5) is 10.9. The Morgan fingerprint density at radius 3 is 2.69 bits per heavy atom. The van der Waals surface area contributed by atoms with Crippen molar-refractivity contribution in [2.45, 2.75) is 6.42 Å². The van der Waals surface area contributed by atoms with E-state index in [0.29, 0.717) is 34.7 Å². The first-order valence-electron chi connectivity index (χ1n) is 10.6. The zero-order valence-electron chi connectivity index (χ0n) is 18.3. The van der Waals surface area contributed by atoms with Gasteiger partial charge in [0.25, 0.3) is 0 Å². The second kappa shape index (κ2) is 10.4. The molecule has 3 aromatic rings. The number of hydrogen-bond donors (Lipinski definition) is 1. The molecule has 0 spiro atoms. The van der Waals surface area contributed by atoms with Crippen molar-refractivity contribution in [2.75, 3.05) is 58.9 Å². The molecular weight excluding hydrogens is 415 g/mol. The Hall–Kier alpha value is -3.17. The molecule has 0 bridgehead atoms. The molecule has 0 aliphatic carbocycles. The van der Waals surface area contributed by atoms with E-state index in [0.717, 1.165) is 39.3 Å². The zero-order valence-corrected chi connectivity index (χ0v) is 18.3. The van der Waals surface area contributed by atoms with Crippen LogP contribution >= 0.6 is 0 Å². The molecule has 1 aliphatic rings.